The van der Waals surface area contributed by atoms with Gasteiger partial charge in [0.05, 0.1) is 6.54 Å². The predicted molar refractivity (Wildman–Crippen MR) is 118 cm³/mol. The Labute approximate surface area is 174 Å². The summed E-state index contributed by atoms with van der Waals surface area (Å²) in [5, 5.41) is 6.21. The van der Waals surface area contributed by atoms with Crippen LogP contribution in [0.25, 0.3) is 0 Å². The quantitative estimate of drug-likeness (QED) is 0.583. The lowest BCUT2D eigenvalue weighted by atomic mass is 9.77. The number of carbonyl (C=O) groups excluding carboxylic acids is 1. The van der Waals surface area contributed by atoms with Gasteiger partial charge in [0.25, 0.3) is 0 Å². The molecule has 0 aromatic carbocycles. The van der Waals surface area contributed by atoms with E-state index >= 15 is 0 Å². The SMILES string of the molecule is CCNC(=NCc1cc2c(s1)CCC(C)(C)C2)N1CCC(CC(=O)NC)CC1. The van der Waals surface area contributed by atoms with E-state index < -0.39 is 0 Å². The number of fused-ring (bicyclic) bond motifs is 1. The topological polar surface area (TPSA) is 56.7 Å². The van der Waals surface area contributed by atoms with Crippen LogP contribution < -0.4 is 10.6 Å². The van der Waals surface area contributed by atoms with Gasteiger partial charge in [-0.25, -0.2) is 4.99 Å². The molecule has 0 unspecified atom stereocenters. The molecule has 3 rings (SSSR count). The third kappa shape index (κ3) is 5.49. The minimum Gasteiger partial charge on any atom is -0.359 e. The van der Waals surface area contributed by atoms with Crippen molar-refractivity contribution in [1.82, 2.24) is 15.5 Å². The second-order valence-electron chi connectivity index (χ2n) is 8.98. The van der Waals surface area contributed by atoms with Crippen molar-refractivity contribution < 1.29 is 4.79 Å². The first-order chi connectivity index (χ1) is 13.4. The minimum absolute atomic E-state index is 0.156. The van der Waals surface area contributed by atoms with E-state index in [4.69, 9.17) is 4.99 Å². The third-order valence-electron chi connectivity index (χ3n) is 6.03. The lowest BCUT2D eigenvalue weighted by Gasteiger charge is -2.34. The van der Waals surface area contributed by atoms with Crippen molar-refractivity contribution in [2.75, 3.05) is 26.7 Å². The summed E-state index contributed by atoms with van der Waals surface area (Å²) >= 11 is 1.95. The maximum absolute atomic E-state index is 11.6. The van der Waals surface area contributed by atoms with Crippen molar-refractivity contribution >= 4 is 23.2 Å². The van der Waals surface area contributed by atoms with Crippen LogP contribution in [0.4, 0.5) is 0 Å². The van der Waals surface area contributed by atoms with Gasteiger partial charge in [-0.15, -0.1) is 11.3 Å². The molecule has 1 aliphatic carbocycles. The van der Waals surface area contributed by atoms with Gasteiger partial charge in [0, 0.05) is 42.9 Å². The van der Waals surface area contributed by atoms with Crippen LogP contribution >= 0.6 is 11.3 Å². The van der Waals surface area contributed by atoms with Crippen LogP contribution in [0.1, 0.15) is 61.8 Å². The van der Waals surface area contributed by atoms with Crippen molar-refractivity contribution in [3.8, 4) is 0 Å². The van der Waals surface area contributed by atoms with Gasteiger partial charge >= 0.3 is 0 Å². The molecule has 0 spiro atoms. The van der Waals surface area contributed by atoms with Crippen LogP contribution in [0.15, 0.2) is 11.1 Å². The normalized spacial score (nSPS) is 20.0. The van der Waals surface area contributed by atoms with E-state index in [-0.39, 0.29) is 5.91 Å². The summed E-state index contributed by atoms with van der Waals surface area (Å²) in [5.41, 5.74) is 1.98. The number of guanidine groups is 1. The minimum atomic E-state index is 0.156. The average Bonchev–Trinajstić information content (AvgIpc) is 3.06. The number of carbonyl (C=O) groups is 1. The zero-order valence-corrected chi connectivity index (χ0v) is 18.8. The lowest BCUT2D eigenvalue weighted by molar-refractivity contribution is -0.121. The second kappa shape index (κ2) is 9.29. The number of amides is 1. The second-order valence-corrected chi connectivity index (χ2v) is 10.2. The molecule has 0 atom stereocenters. The number of piperidine rings is 1. The molecule has 6 heteroatoms. The third-order valence-corrected chi connectivity index (χ3v) is 7.25. The predicted octanol–water partition coefficient (Wildman–Crippen LogP) is 3.58. The van der Waals surface area contributed by atoms with Gasteiger partial charge in [0.2, 0.25) is 5.91 Å². The Morgan fingerprint density at radius 2 is 2.11 bits per heavy atom. The average molecular weight is 405 g/mol. The van der Waals surface area contributed by atoms with Crippen LogP contribution in [0.3, 0.4) is 0 Å². The number of aryl methyl sites for hydroxylation is 1. The zero-order chi connectivity index (χ0) is 20.1. The van der Waals surface area contributed by atoms with Crippen LogP contribution in [-0.4, -0.2) is 43.4 Å². The summed E-state index contributed by atoms with van der Waals surface area (Å²) in [4.78, 5) is 21.9. The highest BCUT2D eigenvalue weighted by atomic mass is 32.1. The lowest BCUT2D eigenvalue weighted by Crippen LogP contribution is -2.46. The molecule has 0 saturated carbocycles. The van der Waals surface area contributed by atoms with Gasteiger partial charge < -0.3 is 15.5 Å². The first kappa shape index (κ1) is 21.2. The molecule has 1 aromatic rings. The summed E-state index contributed by atoms with van der Waals surface area (Å²) in [6, 6.07) is 2.39. The fraction of sp³-hybridized carbons (Fsp3) is 0.727. The molecule has 28 heavy (non-hydrogen) atoms. The van der Waals surface area contributed by atoms with Crippen molar-refractivity contribution in [2.24, 2.45) is 16.3 Å². The summed E-state index contributed by atoms with van der Waals surface area (Å²) in [7, 11) is 1.72. The molecule has 2 N–H and O–H groups in total. The summed E-state index contributed by atoms with van der Waals surface area (Å²) in [5.74, 6) is 1.67. The number of hydrogen-bond donors (Lipinski definition) is 2. The standard InChI is InChI=1S/C22H36N4OS/c1-5-24-21(26-10-7-16(8-11-26)12-20(27)23-4)25-15-18-13-17-14-22(2,3)9-6-19(17)28-18/h13,16H,5-12,14-15H2,1-4H3,(H,23,27)(H,24,25). The van der Waals surface area contributed by atoms with Crippen LogP contribution in [0.2, 0.25) is 0 Å². The monoisotopic (exact) mass is 404 g/mol. The number of nitrogens with zero attached hydrogens (tertiary/aromatic N) is 2. The molecule has 5 nitrogen and oxygen atoms in total. The first-order valence-electron chi connectivity index (χ1n) is 10.7. The highest BCUT2D eigenvalue weighted by molar-refractivity contribution is 7.12. The molecule has 156 valence electrons. The van der Waals surface area contributed by atoms with Gasteiger partial charge in [-0.05, 0) is 62.0 Å². The van der Waals surface area contributed by atoms with Crippen molar-refractivity contribution in [2.45, 2.75) is 65.8 Å². The van der Waals surface area contributed by atoms with Gasteiger partial charge in [-0.1, -0.05) is 13.8 Å². The van der Waals surface area contributed by atoms with E-state index in [2.05, 4.69) is 42.4 Å². The number of thiophene rings is 1. The fourth-order valence-corrected chi connectivity index (χ4v) is 5.43. The Kier molecular flexibility index (Phi) is 7.02. The van der Waals surface area contributed by atoms with Crippen molar-refractivity contribution in [3.05, 3.63) is 21.4 Å². The van der Waals surface area contributed by atoms with E-state index in [1.54, 1.807) is 17.5 Å². The van der Waals surface area contributed by atoms with E-state index in [1.165, 1.54) is 24.1 Å². The van der Waals surface area contributed by atoms with E-state index in [0.29, 0.717) is 17.8 Å². The van der Waals surface area contributed by atoms with Gasteiger partial charge in [-0.3, -0.25) is 4.79 Å². The summed E-state index contributed by atoms with van der Waals surface area (Å²) in [6.07, 6.45) is 6.46. The van der Waals surface area contributed by atoms with Gasteiger partial charge in [-0.2, -0.15) is 0 Å². The maximum atomic E-state index is 11.6. The molecule has 1 amide bonds. The van der Waals surface area contributed by atoms with Gasteiger partial charge in [0.1, 0.15) is 0 Å². The molecule has 0 radical (unpaired) electrons. The molecule has 2 heterocycles. The Morgan fingerprint density at radius 3 is 2.79 bits per heavy atom. The molecule has 1 aromatic heterocycles. The molecular weight excluding hydrogens is 368 g/mol. The highest BCUT2D eigenvalue weighted by Crippen LogP contribution is 2.38. The smallest absolute Gasteiger partial charge is 0.220 e. The molecule has 1 fully saturated rings. The molecule has 1 saturated heterocycles. The van der Waals surface area contributed by atoms with E-state index in [0.717, 1.165) is 45.0 Å². The van der Waals surface area contributed by atoms with Crippen LogP contribution in [-0.2, 0) is 24.2 Å². The summed E-state index contributed by atoms with van der Waals surface area (Å²) < 4.78 is 0. The van der Waals surface area contributed by atoms with Crippen LogP contribution in [0.5, 0.6) is 0 Å². The molecule has 0 bridgehead atoms. The van der Waals surface area contributed by atoms with E-state index in [9.17, 15) is 4.79 Å². The van der Waals surface area contributed by atoms with Crippen LogP contribution in [0, 0.1) is 11.3 Å². The fourth-order valence-electron chi connectivity index (χ4n) is 4.31. The Bertz CT molecular complexity index is 701. The Balaban J connectivity index is 1.59. The molecule has 2 aliphatic rings. The molecular formula is C22H36N4OS. The van der Waals surface area contributed by atoms with E-state index in [1.807, 2.05) is 11.3 Å². The Morgan fingerprint density at radius 1 is 1.36 bits per heavy atom. The van der Waals surface area contributed by atoms with Crippen molar-refractivity contribution in [1.29, 1.82) is 0 Å². The number of nitrogens with one attached hydrogen (secondary N) is 2. The molecule has 1 aliphatic heterocycles. The highest BCUT2D eigenvalue weighted by Gasteiger charge is 2.27. The summed E-state index contributed by atoms with van der Waals surface area (Å²) in [6.45, 7) is 10.5. The zero-order valence-electron chi connectivity index (χ0n) is 17.9. The number of rotatable bonds is 5. The number of hydrogen-bond acceptors (Lipinski definition) is 3. The number of likely N-dealkylation sites (tertiary alicyclic amines) is 1. The van der Waals surface area contributed by atoms with Gasteiger partial charge in [0.15, 0.2) is 5.96 Å². The van der Waals surface area contributed by atoms with Crippen molar-refractivity contribution in [3.63, 3.8) is 0 Å². The number of aliphatic imine (C=N–C) groups is 1. The first-order valence-corrected chi connectivity index (χ1v) is 11.6. The maximum Gasteiger partial charge on any atom is 0.220 e. The largest absolute Gasteiger partial charge is 0.359 e. The Hall–Kier alpha value is -1.56.